The molecule has 0 spiro atoms. The highest BCUT2D eigenvalue weighted by atomic mass is 19.1. The summed E-state index contributed by atoms with van der Waals surface area (Å²) < 4.78 is 18.6. The van der Waals surface area contributed by atoms with Crippen LogP contribution in [0, 0.1) is 12.7 Å². The topological polar surface area (TPSA) is 38.3 Å². The minimum Gasteiger partial charge on any atom is -0.497 e. The van der Waals surface area contributed by atoms with Crippen molar-refractivity contribution < 1.29 is 13.9 Å². The number of methoxy groups -OCH3 is 1. The molecule has 4 heteroatoms. The number of amides is 1. The number of aryl methyl sites for hydroxylation is 1. The number of nitrogens with one attached hydrogen (secondary N) is 1. The van der Waals surface area contributed by atoms with Crippen molar-refractivity contribution in [2.75, 3.05) is 12.4 Å². The first-order valence-electron chi connectivity index (χ1n) is 5.82. The summed E-state index contributed by atoms with van der Waals surface area (Å²) in [5.74, 6) is -0.293. The van der Waals surface area contributed by atoms with Crippen LogP contribution in [0.4, 0.5) is 10.1 Å². The van der Waals surface area contributed by atoms with Crippen LogP contribution in [0.2, 0.25) is 0 Å². The Labute approximate surface area is 111 Å². The van der Waals surface area contributed by atoms with Gasteiger partial charge >= 0.3 is 0 Å². The maximum Gasteiger partial charge on any atom is 0.258 e. The predicted molar refractivity (Wildman–Crippen MR) is 72.1 cm³/mol. The first-order chi connectivity index (χ1) is 9.11. The molecule has 98 valence electrons. The summed E-state index contributed by atoms with van der Waals surface area (Å²) >= 11 is 0. The fourth-order valence-electron chi connectivity index (χ4n) is 1.74. The molecular formula is C15H14FNO2. The number of hydrogen-bond donors (Lipinski definition) is 1. The van der Waals surface area contributed by atoms with Crippen molar-refractivity contribution in [3.8, 4) is 5.75 Å². The van der Waals surface area contributed by atoms with Gasteiger partial charge in [0.2, 0.25) is 0 Å². The van der Waals surface area contributed by atoms with Gasteiger partial charge < -0.3 is 10.1 Å². The van der Waals surface area contributed by atoms with E-state index in [-0.39, 0.29) is 5.56 Å². The first kappa shape index (κ1) is 13.1. The summed E-state index contributed by atoms with van der Waals surface area (Å²) in [5, 5.41) is 2.68. The Bertz CT molecular complexity index is 611. The van der Waals surface area contributed by atoms with Crippen LogP contribution in [0.25, 0.3) is 0 Å². The van der Waals surface area contributed by atoms with Gasteiger partial charge in [-0.25, -0.2) is 4.39 Å². The normalized spacial score (nSPS) is 10.1. The van der Waals surface area contributed by atoms with Gasteiger partial charge in [0.15, 0.2) is 0 Å². The monoisotopic (exact) mass is 259 g/mol. The molecule has 0 aliphatic carbocycles. The fourth-order valence-corrected chi connectivity index (χ4v) is 1.74. The lowest BCUT2D eigenvalue weighted by Crippen LogP contribution is -2.14. The number of anilines is 1. The largest absolute Gasteiger partial charge is 0.497 e. The van der Waals surface area contributed by atoms with Crippen LogP contribution in [0.1, 0.15) is 15.9 Å². The second kappa shape index (κ2) is 5.52. The highest BCUT2D eigenvalue weighted by Gasteiger charge is 2.12. The van der Waals surface area contributed by atoms with Crippen molar-refractivity contribution in [2.45, 2.75) is 6.92 Å². The van der Waals surface area contributed by atoms with Crippen LogP contribution in [0.5, 0.6) is 5.75 Å². The van der Waals surface area contributed by atoms with Crippen LogP contribution < -0.4 is 10.1 Å². The number of rotatable bonds is 3. The van der Waals surface area contributed by atoms with Gasteiger partial charge in [0.1, 0.15) is 11.6 Å². The fraction of sp³-hybridized carbons (Fsp3) is 0.133. The van der Waals surface area contributed by atoms with Crippen molar-refractivity contribution in [3.05, 3.63) is 59.4 Å². The molecule has 0 aromatic heterocycles. The second-order valence-electron chi connectivity index (χ2n) is 4.11. The van der Waals surface area contributed by atoms with Gasteiger partial charge in [-0.3, -0.25) is 4.79 Å². The third-order valence-corrected chi connectivity index (χ3v) is 2.80. The van der Waals surface area contributed by atoms with Crippen molar-refractivity contribution in [1.82, 2.24) is 0 Å². The summed E-state index contributed by atoms with van der Waals surface area (Å²) in [6.07, 6.45) is 0. The molecule has 0 radical (unpaired) electrons. The van der Waals surface area contributed by atoms with E-state index in [1.54, 1.807) is 37.4 Å². The molecular weight excluding hydrogens is 245 g/mol. The van der Waals surface area contributed by atoms with Crippen molar-refractivity contribution in [2.24, 2.45) is 0 Å². The van der Waals surface area contributed by atoms with Gasteiger partial charge in [0, 0.05) is 5.69 Å². The van der Waals surface area contributed by atoms with E-state index in [4.69, 9.17) is 4.74 Å². The average molecular weight is 259 g/mol. The highest BCUT2D eigenvalue weighted by Crippen LogP contribution is 2.21. The number of hydrogen-bond acceptors (Lipinski definition) is 2. The molecule has 2 aromatic carbocycles. The molecule has 3 nitrogen and oxygen atoms in total. The Morgan fingerprint density at radius 3 is 2.58 bits per heavy atom. The summed E-state index contributed by atoms with van der Waals surface area (Å²) in [4.78, 5) is 12.0. The van der Waals surface area contributed by atoms with E-state index in [0.717, 1.165) is 5.56 Å². The molecule has 0 fully saturated rings. The molecule has 0 unspecified atom stereocenters. The highest BCUT2D eigenvalue weighted by molar-refractivity contribution is 6.04. The molecule has 19 heavy (non-hydrogen) atoms. The van der Waals surface area contributed by atoms with Gasteiger partial charge in [-0.1, -0.05) is 12.1 Å². The molecule has 0 saturated carbocycles. The Morgan fingerprint density at radius 2 is 1.95 bits per heavy atom. The molecule has 1 amide bonds. The molecule has 2 aromatic rings. The lowest BCUT2D eigenvalue weighted by molar-refractivity contribution is 0.102. The number of benzene rings is 2. The third kappa shape index (κ3) is 2.91. The van der Waals surface area contributed by atoms with Crippen LogP contribution >= 0.6 is 0 Å². The minimum absolute atomic E-state index is 0.0257. The Kier molecular flexibility index (Phi) is 3.80. The summed E-state index contributed by atoms with van der Waals surface area (Å²) in [5.41, 5.74) is 1.51. The van der Waals surface area contributed by atoms with Gasteiger partial charge in [0.05, 0.1) is 12.7 Å². The smallest absolute Gasteiger partial charge is 0.258 e. The predicted octanol–water partition coefficient (Wildman–Crippen LogP) is 3.40. The van der Waals surface area contributed by atoms with Crippen LogP contribution in [-0.2, 0) is 0 Å². The van der Waals surface area contributed by atoms with Crippen molar-refractivity contribution in [1.29, 1.82) is 0 Å². The van der Waals surface area contributed by atoms with Crippen LogP contribution in [-0.4, -0.2) is 13.0 Å². The molecule has 2 rings (SSSR count). The maximum atomic E-state index is 13.5. The average Bonchev–Trinajstić information content (AvgIpc) is 2.41. The van der Waals surface area contributed by atoms with Gasteiger partial charge in [0.25, 0.3) is 5.91 Å². The first-order valence-corrected chi connectivity index (χ1v) is 5.82. The number of ether oxygens (including phenoxy) is 1. The Hall–Kier alpha value is -2.36. The number of carbonyl (C=O) groups is 1. The standard InChI is InChI=1S/C15H14FNO2/c1-10-9-11(19-2)7-8-14(10)17-15(18)12-5-3-4-6-13(12)16/h3-9H,1-2H3,(H,17,18). The zero-order valence-electron chi connectivity index (χ0n) is 10.7. The Balaban J connectivity index is 2.22. The molecule has 0 bridgehead atoms. The lowest BCUT2D eigenvalue weighted by Gasteiger charge is -2.10. The number of halogens is 1. The van der Waals surface area contributed by atoms with E-state index in [9.17, 15) is 9.18 Å². The van der Waals surface area contributed by atoms with Gasteiger partial charge in [-0.15, -0.1) is 0 Å². The van der Waals surface area contributed by atoms with E-state index < -0.39 is 11.7 Å². The summed E-state index contributed by atoms with van der Waals surface area (Å²) in [6.45, 7) is 1.85. The van der Waals surface area contributed by atoms with Crippen LogP contribution in [0.15, 0.2) is 42.5 Å². The quantitative estimate of drug-likeness (QED) is 0.917. The maximum absolute atomic E-state index is 13.5. The SMILES string of the molecule is COc1ccc(NC(=O)c2ccccc2F)c(C)c1. The third-order valence-electron chi connectivity index (χ3n) is 2.80. The van der Waals surface area contributed by atoms with Gasteiger partial charge in [-0.05, 0) is 42.8 Å². The molecule has 0 atom stereocenters. The number of carbonyl (C=O) groups excluding carboxylic acids is 1. The summed E-state index contributed by atoms with van der Waals surface area (Å²) in [6, 6.07) is 11.1. The van der Waals surface area contributed by atoms with E-state index in [0.29, 0.717) is 11.4 Å². The molecule has 0 aliphatic heterocycles. The second-order valence-corrected chi connectivity index (χ2v) is 4.11. The van der Waals surface area contributed by atoms with Crippen molar-refractivity contribution in [3.63, 3.8) is 0 Å². The molecule has 0 aliphatic rings. The molecule has 0 heterocycles. The zero-order valence-corrected chi connectivity index (χ0v) is 10.7. The van der Waals surface area contributed by atoms with E-state index >= 15 is 0 Å². The van der Waals surface area contributed by atoms with E-state index in [1.165, 1.54) is 12.1 Å². The molecule has 0 saturated heterocycles. The van der Waals surface area contributed by atoms with E-state index in [2.05, 4.69) is 5.32 Å². The van der Waals surface area contributed by atoms with Crippen molar-refractivity contribution >= 4 is 11.6 Å². The zero-order chi connectivity index (χ0) is 13.8. The summed E-state index contributed by atoms with van der Waals surface area (Å²) in [7, 11) is 1.58. The Morgan fingerprint density at radius 1 is 1.21 bits per heavy atom. The lowest BCUT2D eigenvalue weighted by atomic mass is 10.1. The minimum atomic E-state index is -0.536. The molecule has 1 N–H and O–H groups in total. The van der Waals surface area contributed by atoms with E-state index in [1.807, 2.05) is 6.92 Å². The van der Waals surface area contributed by atoms with Gasteiger partial charge in [-0.2, -0.15) is 0 Å². The van der Waals surface area contributed by atoms with Crippen LogP contribution in [0.3, 0.4) is 0 Å².